The van der Waals surface area contributed by atoms with Gasteiger partial charge in [0, 0.05) is 4.88 Å². The van der Waals surface area contributed by atoms with Gasteiger partial charge in [-0.1, -0.05) is 29.8 Å². The summed E-state index contributed by atoms with van der Waals surface area (Å²) in [6.45, 7) is 1.81. The molecular weight excluding hydrogens is 290 g/mol. The minimum atomic E-state index is -3.59. The summed E-state index contributed by atoms with van der Waals surface area (Å²) in [5.74, 6) is 0. The number of nitrogens with one attached hydrogen (secondary N) is 1. The number of benzene rings is 1. The van der Waals surface area contributed by atoms with E-state index in [-0.39, 0.29) is 16.0 Å². The molecule has 0 unspecified atom stereocenters. The summed E-state index contributed by atoms with van der Waals surface area (Å²) in [4.78, 5) is 1.07. The van der Waals surface area contributed by atoms with Crippen molar-refractivity contribution in [3.8, 4) is 0 Å². The molecule has 6 heteroatoms. The van der Waals surface area contributed by atoms with Crippen molar-refractivity contribution in [2.45, 2.75) is 17.9 Å². The van der Waals surface area contributed by atoms with E-state index >= 15 is 0 Å². The van der Waals surface area contributed by atoms with Crippen LogP contribution in [-0.4, -0.2) is 8.42 Å². The molecule has 0 amide bonds. The van der Waals surface area contributed by atoms with Gasteiger partial charge in [0.25, 0.3) is 0 Å². The second-order valence-corrected chi connectivity index (χ2v) is 6.86. The summed E-state index contributed by atoms with van der Waals surface area (Å²) >= 11 is 7.41. The molecule has 0 saturated heterocycles. The maximum absolute atomic E-state index is 12.2. The molecule has 96 valence electrons. The van der Waals surface area contributed by atoms with Crippen molar-refractivity contribution in [2.24, 2.45) is 0 Å². The Kier molecular flexibility index (Phi) is 4.07. The Morgan fingerprint density at radius 3 is 2.56 bits per heavy atom. The number of hydrogen-bond donors (Lipinski definition) is 1. The summed E-state index contributed by atoms with van der Waals surface area (Å²) in [6, 6.07) is 9.91. The van der Waals surface area contributed by atoms with Crippen molar-refractivity contribution >= 4 is 33.0 Å². The third-order valence-electron chi connectivity index (χ3n) is 2.43. The lowest BCUT2D eigenvalue weighted by atomic mass is 10.3. The lowest BCUT2D eigenvalue weighted by Crippen LogP contribution is -2.26. The van der Waals surface area contributed by atoms with Crippen LogP contribution in [0.5, 0.6) is 0 Å². The molecule has 18 heavy (non-hydrogen) atoms. The van der Waals surface area contributed by atoms with E-state index in [1.807, 2.05) is 17.5 Å². The van der Waals surface area contributed by atoms with Gasteiger partial charge in [-0.3, -0.25) is 0 Å². The van der Waals surface area contributed by atoms with E-state index in [2.05, 4.69) is 4.72 Å². The van der Waals surface area contributed by atoms with Gasteiger partial charge in [-0.05, 0) is 30.5 Å². The molecule has 1 heterocycles. The molecule has 0 fully saturated rings. The van der Waals surface area contributed by atoms with Crippen LogP contribution in [-0.2, 0) is 10.0 Å². The highest BCUT2D eigenvalue weighted by molar-refractivity contribution is 7.89. The van der Waals surface area contributed by atoms with E-state index < -0.39 is 10.0 Å². The minimum Gasteiger partial charge on any atom is -0.207 e. The van der Waals surface area contributed by atoms with Crippen LogP contribution in [0.2, 0.25) is 5.02 Å². The second-order valence-electron chi connectivity index (χ2n) is 3.79. The Hall–Kier alpha value is -0.880. The largest absolute Gasteiger partial charge is 0.242 e. The summed E-state index contributed by atoms with van der Waals surface area (Å²) in [5, 5.41) is 2.14. The van der Waals surface area contributed by atoms with Gasteiger partial charge in [0.05, 0.1) is 11.1 Å². The van der Waals surface area contributed by atoms with Crippen LogP contribution < -0.4 is 4.72 Å². The van der Waals surface area contributed by atoms with Crippen LogP contribution in [0.25, 0.3) is 0 Å². The van der Waals surface area contributed by atoms with Crippen LogP contribution >= 0.6 is 22.9 Å². The summed E-state index contributed by atoms with van der Waals surface area (Å²) in [7, 11) is -3.59. The van der Waals surface area contributed by atoms with E-state index in [4.69, 9.17) is 11.6 Å². The third kappa shape index (κ3) is 2.92. The van der Waals surface area contributed by atoms with Crippen molar-refractivity contribution in [3.63, 3.8) is 0 Å². The molecule has 3 nitrogen and oxygen atoms in total. The monoisotopic (exact) mass is 301 g/mol. The standard InChI is InChI=1S/C12H12ClNO2S2/c1-9(11-6-4-8-17-11)14-18(15,16)12-7-3-2-5-10(12)13/h2-9,14H,1H3/t9-/m1/s1. The zero-order valence-corrected chi connectivity index (χ0v) is 12.0. The molecule has 0 spiro atoms. The molecule has 1 N–H and O–H groups in total. The Morgan fingerprint density at radius 2 is 1.94 bits per heavy atom. The molecule has 0 aliphatic heterocycles. The van der Waals surface area contributed by atoms with Crippen molar-refractivity contribution in [1.29, 1.82) is 0 Å². The molecule has 1 aromatic carbocycles. The molecule has 1 aromatic heterocycles. The van der Waals surface area contributed by atoms with Crippen molar-refractivity contribution in [1.82, 2.24) is 4.72 Å². The van der Waals surface area contributed by atoms with Gasteiger partial charge < -0.3 is 0 Å². The lowest BCUT2D eigenvalue weighted by Gasteiger charge is -2.13. The van der Waals surface area contributed by atoms with E-state index in [0.717, 1.165) is 4.88 Å². The highest BCUT2D eigenvalue weighted by Gasteiger charge is 2.20. The lowest BCUT2D eigenvalue weighted by molar-refractivity contribution is 0.568. The maximum atomic E-state index is 12.2. The summed E-state index contributed by atoms with van der Waals surface area (Å²) in [6.07, 6.45) is 0. The highest BCUT2D eigenvalue weighted by Crippen LogP contribution is 2.24. The molecule has 0 aliphatic rings. The van der Waals surface area contributed by atoms with E-state index in [9.17, 15) is 8.42 Å². The number of sulfonamides is 1. The van der Waals surface area contributed by atoms with Crippen LogP contribution in [0.1, 0.15) is 17.8 Å². The first-order valence-corrected chi connectivity index (χ1v) is 8.05. The molecule has 2 aromatic rings. The fraction of sp³-hybridized carbons (Fsp3) is 0.167. The van der Waals surface area contributed by atoms with Crippen LogP contribution in [0.3, 0.4) is 0 Å². The fourth-order valence-electron chi connectivity index (χ4n) is 1.55. The molecule has 0 radical (unpaired) electrons. The number of hydrogen-bond acceptors (Lipinski definition) is 3. The van der Waals surface area contributed by atoms with Gasteiger partial charge in [0.2, 0.25) is 10.0 Å². The Morgan fingerprint density at radius 1 is 1.22 bits per heavy atom. The van der Waals surface area contributed by atoms with E-state index in [1.165, 1.54) is 17.4 Å². The summed E-state index contributed by atoms with van der Waals surface area (Å²) < 4.78 is 26.9. The number of rotatable bonds is 4. The maximum Gasteiger partial charge on any atom is 0.242 e. The zero-order chi connectivity index (χ0) is 13.2. The molecular formula is C12H12ClNO2S2. The van der Waals surface area contributed by atoms with Gasteiger partial charge in [0.15, 0.2) is 0 Å². The van der Waals surface area contributed by atoms with Crippen LogP contribution in [0, 0.1) is 0 Å². The van der Waals surface area contributed by atoms with Crippen LogP contribution in [0.4, 0.5) is 0 Å². The number of thiophene rings is 1. The first-order chi connectivity index (χ1) is 8.50. The fourth-order valence-corrected chi connectivity index (χ4v) is 4.11. The Balaban J connectivity index is 2.26. The van der Waals surface area contributed by atoms with Gasteiger partial charge in [-0.25, -0.2) is 13.1 Å². The van der Waals surface area contributed by atoms with Crippen molar-refractivity contribution < 1.29 is 8.42 Å². The van der Waals surface area contributed by atoms with E-state index in [1.54, 1.807) is 25.1 Å². The molecule has 2 rings (SSSR count). The molecule has 1 atom stereocenters. The van der Waals surface area contributed by atoms with Crippen molar-refractivity contribution in [3.05, 3.63) is 51.7 Å². The first-order valence-electron chi connectivity index (χ1n) is 5.31. The molecule has 0 saturated carbocycles. The topological polar surface area (TPSA) is 46.2 Å². The van der Waals surface area contributed by atoms with E-state index in [0.29, 0.717) is 0 Å². The molecule has 0 bridgehead atoms. The van der Waals surface area contributed by atoms with Gasteiger partial charge in [0.1, 0.15) is 4.90 Å². The van der Waals surface area contributed by atoms with Crippen molar-refractivity contribution in [2.75, 3.05) is 0 Å². The van der Waals surface area contributed by atoms with Gasteiger partial charge in [-0.2, -0.15) is 0 Å². The molecule has 0 aliphatic carbocycles. The highest BCUT2D eigenvalue weighted by atomic mass is 35.5. The van der Waals surface area contributed by atoms with Gasteiger partial charge >= 0.3 is 0 Å². The third-order valence-corrected chi connectivity index (χ3v) is 5.52. The predicted molar refractivity (Wildman–Crippen MR) is 74.5 cm³/mol. The average Bonchev–Trinajstić information content (AvgIpc) is 2.82. The Bertz CT molecular complexity index is 623. The number of halogens is 1. The quantitative estimate of drug-likeness (QED) is 0.940. The smallest absolute Gasteiger partial charge is 0.207 e. The van der Waals surface area contributed by atoms with Crippen LogP contribution in [0.15, 0.2) is 46.7 Å². The predicted octanol–water partition coefficient (Wildman–Crippen LogP) is 3.44. The minimum absolute atomic E-state index is 0.107. The zero-order valence-electron chi connectivity index (χ0n) is 9.63. The van der Waals surface area contributed by atoms with Gasteiger partial charge in [-0.15, -0.1) is 11.3 Å². The average molecular weight is 302 g/mol. The first kappa shape index (κ1) is 13.5. The summed E-state index contributed by atoms with van der Waals surface area (Å²) in [5.41, 5.74) is 0. The second kappa shape index (κ2) is 5.40. The Labute approximate surface area is 115 Å². The SMILES string of the molecule is C[C@@H](NS(=O)(=O)c1ccccc1Cl)c1cccs1. The normalized spacial score (nSPS) is 13.4.